The number of aryl methyl sites for hydroxylation is 3. The Morgan fingerprint density at radius 1 is 1.10 bits per heavy atom. The summed E-state index contributed by atoms with van der Waals surface area (Å²) in [5.74, 6) is -0.0103. The van der Waals surface area contributed by atoms with E-state index in [1.54, 1.807) is 10.9 Å². The highest BCUT2D eigenvalue weighted by atomic mass is 16.2. The number of amides is 2. The van der Waals surface area contributed by atoms with E-state index >= 15 is 0 Å². The smallest absolute Gasteiger partial charge is 0.276 e. The van der Waals surface area contributed by atoms with Crippen molar-refractivity contribution >= 4 is 11.8 Å². The Labute approximate surface area is 171 Å². The summed E-state index contributed by atoms with van der Waals surface area (Å²) < 4.78 is 1.67. The lowest BCUT2D eigenvalue weighted by Gasteiger charge is -2.31. The fourth-order valence-electron chi connectivity index (χ4n) is 3.25. The lowest BCUT2D eigenvalue weighted by molar-refractivity contribution is -0.121. The van der Waals surface area contributed by atoms with E-state index in [0.29, 0.717) is 25.2 Å². The van der Waals surface area contributed by atoms with Gasteiger partial charge in [-0.1, -0.05) is 35.0 Å². The van der Waals surface area contributed by atoms with Gasteiger partial charge in [0.2, 0.25) is 5.91 Å². The van der Waals surface area contributed by atoms with Crippen LogP contribution in [0.25, 0.3) is 0 Å². The second-order valence-corrected chi connectivity index (χ2v) is 7.65. The molecule has 0 bridgehead atoms. The standard InChI is InChI=1S/C21H30N6O2/c1-17-4-6-18(7-5-17)8-9-20(28)22-10-3-11-27-16-19(23-24-27)21(29)26-14-12-25(2)13-15-26/h4-7,16H,3,8-15H2,1-2H3,(H,22,28). The molecular weight excluding hydrogens is 368 g/mol. The predicted octanol–water partition coefficient (Wildman–Crippen LogP) is 1.11. The lowest BCUT2D eigenvalue weighted by atomic mass is 10.1. The van der Waals surface area contributed by atoms with Crippen molar-refractivity contribution in [3.63, 3.8) is 0 Å². The molecule has 29 heavy (non-hydrogen) atoms. The molecule has 1 aromatic carbocycles. The fourth-order valence-corrected chi connectivity index (χ4v) is 3.25. The Hall–Kier alpha value is -2.74. The highest BCUT2D eigenvalue weighted by Crippen LogP contribution is 2.07. The van der Waals surface area contributed by atoms with Crippen molar-refractivity contribution in [3.05, 3.63) is 47.3 Å². The molecule has 2 heterocycles. The van der Waals surface area contributed by atoms with Crippen molar-refractivity contribution in [2.45, 2.75) is 32.7 Å². The summed E-state index contributed by atoms with van der Waals surface area (Å²) in [7, 11) is 2.05. The van der Waals surface area contributed by atoms with Gasteiger partial charge in [-0.15, -0.1) is 5.10 Å². The Bertz CT molecular complexity index is 809. The summed E-state index contributed by atoms with van der Waals surface area (Å²) >= 11 is 0. The van der Waals surface area contributed by atoms with Crippen LogP contribution < -0.4 is 5.32 Å². The van der Waals surface area contributed by atoms with Crippen LogP contribution in [-0.4, -0.2) is 76.4 Å². The Balaban J connectivity index is 1.34. The molecule has 1 N–H and O–H groups in total. The van der Waals surface area contributed by atoms with E-state index in [9.17, 15) is 9.59 Å². The number of carbonyl (C=O) groups is 2. The first-order valence-electron chi connectivity index (χ1n) is 10.2. The van der Waals surface area contributed by atoms with Gasteiger partial charge in [0.05, 0.1) is 6.20 Å². The van der Waals surface area contributed by atoms with Gasteiger partial charge < -0.3 is 15.1 Å². The van der Waals surface area contributed by atoms with Gasteiger partial charge in [0.15, 0.2) is 5.69 Å². The van der Waals surface area contributed by atoms with Crippen LogP contribution in [0.4, 0.5) is 0 Å². The summed E-state index contributed by atoms with van der Waals surface area (Å²) in [6.45, 7) is 6.44. The van der Waals surface area contributed by atoms with Crippen LogP contribution in [0.1, 0.15) is 34.5 Å². The molecule has 2 amide bonds. The first kappa shape index (κ1) is 21.0. The van der Waals surface area contributed by atoms with Gasteiger partial charge >= 0.3 is 0 Å². The number of piperazine rings is 1. The summed E-state index contributed by atoms with van der Waals surface area (Å²) in [5.41, 5.74) is 2.78. The van der Waals surface area contributed by atoms with E-state index in [-0.39, 0.29) is 11.8 Å². The minimum atomic E-state index is -0.0613. The maximum absolute atomic E-state index is 12.5. The van der Waals surface area contributed by atoms with Gasteiger partial charge in [0.25, 0.3) is 5.91 Å². The van der Waals surface area contributed by atoms with Crippen LogP contribution in [0.2, 0.25) is 0 Å². The topological polar surface area (TPSA) is 83.4 Å². The Kier molecular flexibility index (Phi) is 7.35. The van der Waals surface area contributed by atoms with Crippen LogP contribution in [0.15, 0.2) is 30.5 Å². The maximum Gasteiger partial charge on any atom is 0.276 e. The van der Waals surface area contributed by atoms with Crippen LogP contribution in [-0.2, 0) is 17.8 Å². The molecule has 0 atom stereocenters. The van der Waals surface area contributed by atoms with Crippen molar-refractivity contribution in [1.29, 1.82) is 0 Å². The van der Waals surface area contributed by atoms with E-state index < -0.39 is 0 Å². The third kappa shape index (κ3) is 6.39. The molecular formula is C21H30N6O2. The van der Waals surface area contributed by atoms with Gasteiger partial charge in [-0.25, -0.2) is 0 Å². The molecule has 0 aliphatic carbocycles. The van der Waals surface area contributed by atoms with Crippen LogP contribution >= 0.6 is 0 Å². The predicted molar refractivity (Wildman–Crippen MR) is 111 cm³/mol. The zero-order chi connectivity index (χ0) is 20.6. The highest BCUT2D eigenvalue weighted by Gasteiger charge is 2.22. The quantitative estimate of drug-likeness (QED) is 0.674. The minimum absolute atomic E-state index is 0.0510. The molecule has 0 saturated carbocycles. The number of carbonyl (C=O) groups excluding carboxylic acids is 2. The zero-order valence-corrected chi connectivity index (χ0v) is 17.3. The van der Waals surface area contributed by atoms with Gasteiger partial charge in [-0.05, 0) is 32.4 Å². The zero-order valence-electron chi connectivity index (χ0n) is 17.3. The second kappa shape index (κ2) is 10.2. The number of likely N-dealkylation sites (N-methyl/N-ethyl adjacent to an activating group) is 1. The molecule has 8 heteroatoms. The summed E-state index contributed by atoms with van der Waals surface area (Å²) in [6, 6.07) is 8.25. The molecule has 1 saturated heterocycles. The van der Waals surface area contributed by atoms with Gasteiger partial charge in [0.1, 0.15) is 0 Å². The second-order valence-electron chi connectivity index (χ2n) is 7.65. The van der Waals surface area contributed by atoms with E-state index in [4.69, 9.17) is 0 Å². The average molecular weight is 399 g/mol. The summed E-state index contributed by atoms with van der Waals surface area (Å²) in [4.78, 5) is 28.5. The SMILES string of the molecule is Cc1ccc(CCC(=O)NCCCn2cc(C(=O)N3CCN(C)CC3)nn2)cc1. The third-order valence-corrected chi connectivity index (χ3v) is 5.20. The number of benzene rings is 1. The molecule has 1 aliphatic rings. The highest BCUT2D eigenvalue weighted by molar-refractivity contribution is 5.92. The molecule has 0 unspecified atom stereocenters. The van der Waals surface area contributed by atoms with E-state index in [1.807, 2.05) is 4.90 Å². The molecule has 8 nitrogen and oxygen atoms in total. The Morgan fingerprint density at radius 2 is 1.83 bits per heavy atom. The summed E-state index contributed by atoms with van der Waals surface area (Å²) in [5, 5.41) is 11.0. The minimum Gasteiger partial charge on any atom is -0.356 e. The first-order valence-corrected chi connectivity index (χ1v) is 10.2. The normalized spacial score (nSPS) is 14.8. The number of nitrogens with zero attached hydrogens (tertiary/aromatic N) is 5. The molecule has 1 aromatic heterocycles. The summed E-state index contributed by atoms with van der Waals surface area (Å²) in [6.07, 6.45) is 3.66. The lowest BCUT2D eigenvalue weighted by Crippen LogP contribution is -2.47. The van der Waals surface area contributed by atoms with Gasteiger partial charge in [0, 0.05) is 45.7 Å². The monoisotopic (exact) mass is 398 g/mol. The fraction of sp³-hybridized carbons (Fsp3) is 0.524. The maximum atomic E-state index is 12.5. The molecule has 2 aromatic rings. The van der Waals surface area contributed by atoms with Crippen molar-refractivity contribution in [3.8, 4) is 0 Å². The van der Waals surface area contributed by atoms with Crippen LogP contribution in [0, 0.1) is 6.92 Å². The molecule has 0 spiro atoms. The Morgan fingerprint density at radius 3 is 2.55 bits per heavy atom. The third-order valence-electron chi connectivity index (χ3n) is 5.20. The van der Waals surface area contributed by atoms with Gasteiger partial charge in [-0.3, -0.25) is 14.3 Å². The van der Waals surface area contributed by atoms with Gasteiger partial charge in [-0.2, -0.15) is 0 Å². The molecule has 156 valence electrons. The van der Waals surface area contributed by atoms with E-state index in [0.717, 1.165) is 39.0 Å². The van der Waals surface area contributed by atoms with Crippen LogP contribution in [0.5, 0.6) is 0 Å². The van der Waals surface area contributed by atoms with Crippen molar-refractivity contribution in [2.75, 3.05) is 39.8 Å². The van der Waals surface area contributed by atoms with Crippen molar-refractivity contribution in [2.24, 2.45) is 0 Å². The molecule has 1 fully saturated rings. The number of rotatable bonds is 8. The first-order chi connectivity index (χ1) is 14.0. The number of aromatic nitrogens is 3. The van der Waals surface area contributed by atoms with E-state index in [1.165, 1.54) is 11.1 Å². The van der Waals surface area contributed by atoms with E-state index in [2.05, 4.69) is 58.8 Å². The molecule has 1 aliphatic heterocycles. The van der Waals surface area contributed by atoms with Crippen LogP contribution in [0.3, 0.4) is 0 Å². The average Bonchev–Trinajstić information content (AvgIpc) is 3.20. The number of nitrogens with one attached hydrogen (secondary N) is 1. The number of hydrogen-bond acceptors (Lipinski definition) is 5. The van der Waals surface area contributed by atoms with Crippen molar-refractivity contribution in [1.82, 2.24) is 30.1 Å². The largest absolute Gasteiger partial charge is 0.356 e. The molecule has 3 rings (SSSR count). The molecule has 0 radical (unpaired) electrons. The number of hydrogen-bond donors (Lipinski definition) is 1. The van der Waals surface area contributed by atoms with Crippen molar-refractivity contribution < 1.29 is 9.59 Å².